The number of piperidine rings is 1. The Morgan fingerprint density at radius 3 is 2.36 bits per heavy atom. The molecule has 3 fully saturated rings. The molecule has 3 aliphatic rings. The molecule has 3 saturated heterocycles. The summed E-state index contributed by atoms with van der Waals surface area (Å²) in [5, 5.41) is 10.3. The normalized spacial score (nSPS) is 24.4. The van der Waals surface area contributed by atoms with Gasteiger partial charge < -0.3 is 19.6 Å². The third-order valence-corrected chi connectivity index (χ3v) is 7.96. The summed E-state index contributed by atoms with van der Waals surface area (Å²) in [4.78, 5) is 44.5. The van der Waals surface area contributed by atoms with Gasteiger partial charge in [-0.15, -0.1) is 0 Å². The number of aliphatic hydroxyl groups is 1. The van der Waals surface area contributed by atoms with Gasteiger partial charge in [0.15, 0.2) is 0 Å². The van der Waals surface area contributed by atoms with Gasteiger partial charge in [0.1, 0.15) is 11.6 Å². The fourth-order valence-electron chi connectivity index (χ4n) is 5.23. The Labute approximate surface area is 226 Å². The monoisotopic (exact) mass is 595 g/mol. The smallest absolute Gasteiger partial charge is 0.410 e. The molecule has 2 aromatic rings. The number of fused-ring (bicyclic) bond motifs is 1. The van der Waals surface area contributed by atoms with Crippen molar-refractivity contribution < 1.29 is 24.2 Å². The molecule has 2 atom stereocenters. The van der Waals surface area contributed by atoms with Crippen LogP contribution in [0, 0.1) is 0 Å². The zero-order valence-electron chi connectivity index (χ0n) is 19.2. The number of anilines is 1. The molecule has 5 rings (SSSR count). The highest BCUT2D eigenvalue weighted by Crippen LogP contribution is 2.44. The lowest BCUT2D eigenvalue weighted by Crippen LogP contribution is -2.47. The van der Waals surface area contributed by atoms with E-state index < -0.39 is 35.8 Å². The Morgan fingerprint density at radius 1 is 1.08 bits per heavy atom. The van der Waals surface area contributed by atoms with Crippen molar-refractivity contribution >= 4 is 62.9 Å². The van der Waals surface area contributed by atoms with Crippen molar-refractivity contribution in [3.05, 3.63) is 62.5 Å². The third kappa shape index (κ3) is 4.69. The first-order chi connectivity index (χ1) is 17.2. The van der Waals surface area contributed by atoms with Gasteiger partial charge in [0.25, 0.3) is 5.91 Å². The van der Waals surface area contributed by atoms with Gasteiger partial charge in [-0.25, -0.2) is 14.5 Å². The van der Waals surface area contributed by atoms with E-state index in [4.69, 9.17) is 27.9 Å². The topological polar surface area (TPSA) is 90.4 Å². The van der Waals surface area contributed by atoms with E-state index in [0.717, 1.165) is 14.9 Å². The number of hydrogen-bond acceptors (Lipinski definition) is 5. The largest absolute Gasteiger partial charge is 0.444 e. The van der Waals surface area contributed by atoms with Gasteiger partial charge in [-0.2, -0.15) is 0 Å². The van der Waals surface area contributed by atoms with Gasteiger partial charge in [-0.05, 0) is 48.7 Å². The molecule has 0 spiro atoms. The van der Waals surface area contributed by atoms with Crippen molar-refractivity contribution in [1.82, 2.24) is 9.80 Å². The van der Waals surface area contributed by atoms with E-state index in [-0.39, 0.29) is 19.4 Å². The summed E-state index contributed by atoms with van der Waals surface area (Å²) in [6, 6.07) is 11.6. The summed E-state index contributed by atoms with van der Waals surface area (Å²) in [6.45, 7) is 0.900. The van der Waals surface area contributed by atoms with Gasteiger partial charge in [-0.1, -0.05) is 51.3 Å². The predicted octanol–water partition coefficient (Wildman–Crippen LogP) is 4.87. The predicted molar refractivity (Wildman–Crippen MR) is 138 cm³/mol. The minimum Gasteiger partial charge on any atom is -0.444 e. The number of likely N-dealkylation sites (tertiary alicyclic amines) is 1. The second-order valence-corrected chi connectivity index (χ2v) is 11.2. The quantitative estimate of drug-likeness (QED) is 0.509. The van der Waals surface area contributed by atoms with Crippen LogP contribution in [0.1, 0.15) is 24.8 Å². The molecule has 0 saturated carbocycles. The molecule has 0 unspecified atom stereocenters. The summed E-state index contributed by atoms with van der Waals surface area (Å²) in [5.41, 5.74) is -0.0530. The first-order valence-electron chi connectivity index (χ1n) is 11.7. The average Bonchev–Trinajstić information content (AvgIpc) is 3.27. The Kier molecular flexibility index (Phi) is 6.93. The molecule has 1 N–H and O–H groups in total. The first kappa shape index (κ1) is 25.3. The molecule has 190 valence electrons. The molecule has 4 amide bonds. The van der Waals surface area contributed by atoms with E-state index in [1.807, 2.05) is 24.3 Å². The van der Waals surface area contributed by atoms with Gasteiger partial charge in [0.2, 0.25) is 0 Å². The fourth-order valence-corrected chi connectivity index (χ4v) is 6.01. The molecule has 0 bridgehead atoms. The van der Waals surface area contributed by atoms with E-state index in [2.05, 4.69) is 15.9 Å². The van der Waals surface area contributed by atoms with Crippen LogP contribution in [0.3, 0.4) is 0 Å². The fraction of sp³-hybridized carbons (Fsp3) is 0.400. The Bertz CT molecular complexity index is 1180. The number of halogens is 3. The van der Waals surface area contributed by atoms with E-state index in [1.54, 1.807) is 4.90 Å². The van der Waals surface area contributed by atoms with Crippen LogP contribution in [0.15, 0.2) is 46.9 Å². The van der Waals surface area contributed by atoms with Crippen molar-refractivity contribution in [3.8, 4) is 0 Å². The molecule has 2 aromatic carbocycles. The number of nitrogens with zero attached hydrogens (tertiary/aromatic N) is 3. The number of ether oxygens (including phenoxy) is 1. The average molecular weight is 597 g/mol. The summed E-state index contributed by atoms with van der Waals surface area (Å²) in [6.07, 6.45) is -0.133. The number of urea groups is 1. The van der Waals surface area contributed by atoms with Crippen molar-refractivity contribution in [1.29, 1.82) is 0 Å². The highest BCUT2D eigenvalue weighted by atomic mass is 79.9. The number of hydrogen-bond donors (Lipinski definition) is 1. The van der Waals surface area contributed by atoms with Gasteiger partial charge in [0.05, 0.1) is 18.3 Å². The van der Waals surface area contributed by atoms with Crippen LogP contribution in [0.4, 0.5) is 15.3 Å². The maximum absolute atomic E-state index is 14.0. The van der Waals surface area contributed by atoms with E-state index in [1.165, 1.54) is 23.1 Å². The number of amides is 4. The molecule has 0 radical (unpaired) electrons. The van der Waals surface area contributed by atoms with Crippen molar-refractivity contribution in [2.75, 3.05) is 24.5 Å². The minimum atomic E-state index is -1.22. The number of carbonyl (C=O) groups excluding carboxylic acids is 3. The van der Waals surface area contributed by atoms with Crippen LogP contribution in [0.2, 0.25) is 10.0 Å². The molecule has 8 nitrogen and oxygen atoms in total. The molecule has 3 heterocycles. The lowest BCUT2D eigenvalue weighted by molar-refractivity contribution is -0.124. The van der Waals surface area contributed by atoms with Crippen molar-refractivity contribution in [2.24, 2.45) is 0 Å². The summed E-state index contributed by atoms with van der Waals surface area (Å²) < 4.78 is 6.67. The zero-order valence-corrected chi connectivity index (χ0v) is 22.3. The number of rotatable bonds is 4. The van der Waals surface area contributed by atoms with E-state index in [0.29, 0.717) is 41.7 Å². The maximum Gasteiger partial charge on any atom is 0.410 e. The zero-order chi connectivity index (χ0) is 25.6. The highest BCUT2D eigenvalue weighted by Gasteiger charge is 2.63. The van der Waals surface area contributed by atoms with Gasteiger partial charge in [0, 0.05) is 40.4 Å². The Balaban J connectivity index is 1.43. The molecule has 0 aliphatic carbocycles. The second-order valence-electron chi connectivity index (χ2n) is 9.42. The molecule has 3 aliphatic heterocycles. The van der Waals surface area contributed by atoms with Gasteiger partial charge >= 0.3 is 12.1 Å². The Hall–Kier alpha value is -2.33. The standard InChI is InChI=1S/C25H24BrCl2N3O5/c26-16-3-1-15(2-4-16)12-25-13-21(36-24(35)29-7-5-20(32)6-8-29)14-30(25)23(34)31(22(25)33)19-10-17(27)9-18(28)11-19/h1-4,9-11,20-21,32H,5-8,12-14H2/t21-,25+/m1/s1. The molecular formula is C25H24BrCl2N3O5. The van der Waals surface area contributed by atoms with E-state index >= 15 is 0 Å². The summed E-state index contributed by atoms with van der Waals surface area (Å²) >= 11 is 15.7. The van der Waals surface area contributed by atoms with Crippen LogP contribution >= 0.6 is 39.1 Å². The molecular weight excluding hydrogens is 573 g/mol. The van der Waals surface area contributed by atoms with Crippen LogP contribution < -0.4 is 4.90 Å². The van der Waals surface area contributed by atoms with E-state index in [9.17, 15) is 19.5 Å². The lowest BCUT2D eigenvalue weighted by atomic mass is 9.87. The molecule has 36 heavy (non-hydrogen) atoms. The number of benzene rings is 2. The van der Waals surface area contributed by atoms with Crippen LogP contribution in [0.25, 0.3) is 0 Å². The molecule has 0 aromatic heterocycles. The van der Waals surface area contributed by atoms with Gasteiger partial charge in [-0.3, -0.25) is 4.79 Å². The lowest BCUT2D eigenvalue weighted by Gasteiger charge is -2.30. The first-order valence-corrected chi connectivity index (χ1v) is 13.2. The number of aliphatic hydroxyl groups excluding tert-OH is 1. The van der Waals surface area contributed by atoms with Crippen molar-refractivity contribution in [3.63, 3.8) is 0 Å². The van der Waals surface area contributed by atoms with Crippen LogP contribution in [0.5, 0.6) is 0 Å². The SMILES string of the molecule is O=C(O[C@H]1CN2C(=O)N(c3cc(Cl)cc(Cl)c3)C(=O)[C@]2(Cc2ccc(Br)cc2)C1)N1CCC(O)CC1. The van der Waals surface area contributed by atoms with Crippen LogP contribution in [-0.2, 0) is 16.0 Å². The summed E-state index contributed by atoms with van der Waals surface area (Å²) in [7, 11) is 0. The minimum absolute atomic E-state index is 0.0914. The highest BCUT2D eigenvalue weighted by molar-refractivity contribution is 9.10. The van der Waals surface area contributed by atoms with Crippen LogP contribution in [-0.4, -0.2) is 70.3 Å². The number of carbonyl (C=O) groups is 3. The van der Waals surface area contributed by atoms with Crippen molar-refractivity contribution in [2.45, 2.75) is 43.4 Å². The molecule has 11 heteroatoms. The summed E-state index contributed by atoms with van der Waals surface area (Å²) in [5.74, 6) is -0.409. The maximum atomic E-state index is 14.0. The Morgan fingerprint density at radius 2 is 1.72 bits per heavy atom. The third-order valence-electron chi connectivity index (χ3n) is 7.00. The number of imide groups is 1. The second kappa shape index (κ2) is 9.85.